The normalized spacial score (nSPS) is 19.1. The maximum absolute atomic E-state index is 5.90. The lowest BCUT2D eigenvalue weighted by Gasteiger charge is -2.11. The molecule has 2 aromatic rings. The van der Waals surface area contributed by atoms with Crippen molar-refractivity contribution in [1.29, 1.82) is 0 Å². The van der Waals surface area contributed by atoms with E-state index in [-0.39, 0.29) is 6.04 Å². The van der Waals surface area contributed by atoms with E-state index in [1.54, 1.807) is 0 Å². The highest BCUT2D eigenvalue weighted by Gasteiger charge is 2.22. The Morgan fingerprint density at radius 2 is 2.21 bits per heavy atom. The van der Waals surface area contributed by atoms with Crippen LogP contribution in [0.15, 0.2) is 27.1 Å². The fourth-order valence-electron chi connectivity index (χ4n) is 2.16. The van der Waals surface area contributed by atoms with Crippen LogP contribution < -0.4 is 10.6 Å². The second-order valence-corrected chi connectivity index (χ2v) is 6.37. The number of nitrogens with zero attached hydrogens (tertiary/aromatic N) is 3. The van der Waals surface area contributed by atoms with Gasteiger partial charge in [-0.25, -0.2) is 0 Å². The Balaban J connectivity index is 1.90. The summed E-state index contributed by atoms with van der Waals surface area (Å²) in [5.74, 6) is 1.47. The van der Waals surface area contributed by atoms with Gasteiger partial charge in [-0.1, -0.05) is 31.9 Å². The van der Waals surface area contributed by atoms with Crippen molar-refractivity contribution < 1.29 is 0 Å². The third kappa shape index (κ3) is 2.68. The highest BCUT2D eigenvalue weighted by atomic mass is 79.9. The summed E-state index contributed by atoms with van der Waals surface area (Å²) in [5.41, 5.74) is 6.89. The summed E-state index contributed by atoms with van der Waals surface area (Å²) in [5, 5.41) is 7.27. The quantitative estimate of drug-likeness (QED) is 0.831. The predicted molar refractivity (Wildman–Crippen MR) is 82.0 cm³/mol. The first-order chi connectivity index (χ1) is 9.13. The number of hydrogen-bond donors (Lipinski definition) is 2. The average molecular weight is 387 g/mol. The Morgan fingerprint density at radius 3 is 2.95 bits per heavy atom. The molecule has 1 fully saturated rings. The van der Waals surface area contributed by atoms with Crippen LogP contribution in [0.2, 0.25) is 0 Å². The topological polar surface area (TPSA) is 70.8 Å². The van der Waals surface area contributed by atoms with Crippen molar-refractivity contribution in [1.82, 2.24) is 15.2 Å². The minimum atomic E-state index is 0.222. The standard InChI is InChI=1S/C12H13Br2N5/c13-7-1-2-10(14)9(5-7)11-16-12(18-17-11)19-4-3-8(15)6-19/h1-2,5,8H,3-4,6,15H2,(H,16,17,18). The molecule has 3 rings (SSSR count). The largest absolute Gasteiger partial charge is 0.338 e. The van der Waals surface area contributed by atoms with Crippen LogP contribution in [0.3, 0.4) is 0 Å². The van der Waals surface area contributed by atoms with Crippen LogP contribution in [0.5, 0.6) is 0 Å². The molecule has 0 bridgehead atoms. The molecular formula is C12H13Br2N5. The van der Waals surface area contributed by atoms with Crippen molar-refractivity contribution in [3.8, 4) is 11.4 Å². The van der Waals surface area contributed by atoms with Gasteiger partial charge in [-0.3, -0.25) is 5.10 Å². The third-order valence-corrected chi connectivity index (χ3v) is 4.35. The highest BCUT2D eigenvalue weighted by Crippen LogP contribution is 2.29. The van der Waals surface area contributed by atoms with Crippen LogP contribution in [0.1, 0.15) is 6.42 Å². The first-order valence-electron chi connectivity index (χ1n) is 6.02. The summed E-state index contributed by atoms with van der Waals surface area (Å²) in [4.78, 5) is 6.66. The smallest absolute Gasteiger partial charge is 0.245 e. The molecule has 1 aromatic carbocycles. The number of hydrogen-bond acceptors (Lipinski definition) is 4. The summed E-state index contributed by atoms with van der Waals surface area (Å²) in [6, 6.07) is 6.18. The molecule has 19 heavy (non-hydrogen) atoms. The van der Waals surface area contributed by atoms with Crippen LogP contribution in [0, 0.1) is 0 Å². The van der Waals surface area contributed by atoms with Gasteiger partial charge < -0.3 is 10.6 Å². The molecule has 1 aromatic heterocycles. The fraction of sp³-hybridized carbons (Fsp3) is 0.333. The van der Waals surface area contributed by atoms with E-state index in [4.69, 9.17) is 5.73 Å². The molecule has 5 nitrogen and oxygen atoms in total. The Hall–Kier alpha value is -0.920. The second-order valence-electron chi connectivity index (χ2n) is 4.60. The number of halogens is 2. The van der Waals surface area contributed by atoms with Crippen molar-refractivity contribution in [2.75, 3.05) is 18.0 Å². The van der Waals surface area contributed by atoms with Crippen LogP contribution in [0.25, 0.3) is 11.4 Å². The van der Waals surface area contributed by atoms with Gasteiger partial charge in [-0.2, -0.15) is 4.98 Å². The van der Waals surface area contributed by atoms with Gasteiger partial charge in [0.2, 0.25) is 5.95 Å². The zero-order valence-electron chi connectivity index (χ0n) is 10.1. The average Bonchev–Trinajstić information content (AvgIpc) is 3.00. The highest BCUT2D eigenvalue weighted by molar-refractivity contribution is 9.11. The molecule has 1 saturated heterocycles. The summed E-state index contributed by atoms with van der Waals surface area (Å²) >= 11 is 6.99. The van der Waals surface area contributed by atoms with Gasteiger partial charge in [0.05, 0.1) is 0 Å². The van der Waals surface area contributed by atoms with Crippen molar-refractivity contribution in [3.63, 3.8) is 0 Å². The van der Waals surface area contributed by atoms with Gasteiger partial charge in [0, 0.05) is 33.6 Å². The lowest BCUT2D eigenvalue weighted by molar-refractivity contribution is 0.750. The van der Waals surface area contributed by atoms with E-state index < -0.39 is 0 Å². The van der Waals surface area contributed by atoms with Gasteiger partial charge in [0.1, 0.15) is 0 Å². The molecule has 7 heteroatoms. The molecule has 0 aliphatic carbocycles. The summed E-state index contributed by atoms with van der Waals surface area (Å²) in [7, 11) is 0. The van der Waals surface area contributed by atoms with Gasteiger partial charge in [0.15, 0.2) is 5.82 Å². The molecule has 0 saturated carbocycles. The maximum Gasteiger partial charge on any atom is 0.245 e. The minimum Gasteiger partial charge on any atom is -0.338 e. The first kappa shape index (κ1) is 13.1. The number of anilines is 1. The molecule has 0 spiro atoms. The molecule has 100 valence electrons. The Bertz CT molecular complexity index is 598. The first-order valence-corrected chi connectivity index (χ1v) is 7.60. The molecule has 0 amide bonds. The molecule has 3 N–H and O–H groups in total. The van der Waals surface area contributed by atoms with E-state index in [2.05, 4.69) is 51.9 Å². The monoisotopic (exact) mass is 385 g/mol. The number of H-pyrrole nitrogens is 1. The van der Waals surface area contributed by atoms with Crippen LogP contribution >= 0.6 is 31.9 Å². The number of nitrogens with one attached hydrogen (secondary N) is 1. The van der Waals surface area contributed by atoms with E-state index in [0.717, 1.165) is 45.8 Å². The minimum absolute atomic E-state index is 0.222. The molecule has 2 heterocycles. The lowest BCUT2D eigenvalue weighted by Crippen LogP contribution is -2.26. The molecule has 1 atom stereocenters. The molecule has 0 radical (unpaired) electrons. The van der Waals surface area contributed by atoms with Crippen LogP contribution in [-0.4, -0.2) is 34.3 Å². The van der Waals surface area contributed by atoms with E-state index >= 15 is 0 Å². The van der Waals surface area contributed by atoms with Gasteiger partial charge >= 0.3 is 0 Å². The lowest BCUT2D eigenvalue weighted by atomic mass is 10.2. The zero-order valence-corrected chi connectivity index (χ0v) is 13.3. The SMILES string of the molecule is NC1CCN(c2n[nH]c(-c3cc(Br)ccc3Br)n2)C1. The van der Waals surface area contributed by atoms with Gasteiger partial charge in [-0.15, -0.1) is 5.10 Å². The third-order valence-electron chi connectivity index (χ3n) is 3.16. The number of aromatic amines is 1. The Kier molecular flexibility index (Phi) is 3.60. The molecule has 1 aliphatic rings. The van der Waals surface area contributed by atoms with E-state index in [1.807, 2.05) is 18.2 Å². The summed E-state index contributed by atoms with van der Waals surface area (Å²) in [6.45, 7) is 1.73. The van der Waals surface area contributed by atoms with Crippen LogP contribution in [0.4, 0.5) is 5.95 Å². The van der Waals surface area contributed by atoms with Crippen molar-refractivity contribution in [2.45, 2.75) is 12.5 Å². The number of benzene rings is 1. The van der Waals surface area contributed by atoms with Crippen LogP contribution in [-0.2, 0) is 0 Å². The second kappa shape index (κ2) is 5.22. The molecular weight excluding hydrogens is 374 g/mol. The predicted octanol–water partition coefficient (Wildman–Crippen LogP) is 2.53. The van der Waals surface area contributed by atoms with Gasteiger partial charge in [-0.05, 0) is 24.6 Å². The fourth-order valence-corrected chi connectivity index (χ4v) is 2.96. The summed E-state index contributed by atoms with van der Waals surface area (Å²) < 4.78 is 1.99. The van der Waals surface area contributed by atoms with Gasteiger partial charge in [0.25, 0.3) is 0 Å². The van der Waals surface area contributed by atoms with Crippen molar-refractivity contribution in [3.05, 3.63) is 27.1 Å². The van der Waals surface area contributed by atoms with E-state index in [0.29, 0.717) is 0 Å². The molecule has 1 aliphatic heterocycles. The van der Waals surface area contributed by atoms with Crippen molar-refractivity contribution >= 4 is 37.8 Å². The molecule has 1 unspecified atom stereocenters. The Labute approximate surface area is 127 Å². The number of aromatic nitrogens is 3. The summed E-state index contributed by atoms with van der Waals surface area (Å²) in [6.07, 6.45) is 0.991. The van der Waals surface area contributed by atoms with E-state index in [1.165, 1.54) is 0 Å². The number of nitrogens with two attached hydrogens (primary N) is 1. The number of rotatable bonds is 2. The zero-order chi connectivity index (χ0) is 13.4. The Morgan fingerprint density at radius 1 is 1.37 bits per heavy atom. The van der Waals surface area contributed by atoms with E-state index in [9.17, 15) is 0 Å². The van der Waals surface area contributed by atoms with Crippen molar-refractivity contribution in [2.24, 2.45) is 5.73 Å². The maximum atomic E-state index is 5.90.